The molecular formula is C22H24N2O4. The number of piperazine rings is 1. The number of methoxy groups -OCH3 is 1. The fourth-order valence-corrected chi connectivity index (χ4v) is 3.76. The number of benzene rings is 2. The molecule has 146 valence electrons. The van der Waals surface area contributed by atoms with E-state index in [2.05, 4.69) is 11.9 Å². The lowest BCUT2D eigenvalue weighted by Crippen LogP contribution is -3.13. The van der Waals surface area contributed by atoms with Gasteiger partial charge in [-0.3, -0.25) is 9.69 Å². The van der Waals surface area contributed by atoms with Crippen LogP contribution in [0.15, 0.2) is 51.7 Å². The van der Waals surface area contributed by atoms with E-state index < -0.39 is 0 Å². The molecule has 0 bridgehead atoms. The van der Waals surface area contributed by atoms with Crippen LogP contribution in [-0.4, -0.2) is 45.2 Å². The summed E-state index contributed by atoms with van der Waals surface area (Å²) >= 11 is 0. The number of fused-ring (bicyclic) bond motifs is 1. The third-order valence-electron chi connectivity index (χ3n) is 5.43. The number of quaternary nitrogens is 1. The predicted octanol–water partition coefficient (Wildman–Crippen LogP) is 0.873. The van der Waals surface area contributed by atoms with Crippen LogP contribution in [0.2, 0.25) is 0 Å². The summed E-state index contributed by atoms with van der Waals surface area (Å²) in [7, 11) is 3.56. The molecule has 1 aliphatic rings. The zero-order valence-corrected chi connectivity index (χ0v) is 16.2. The van der Waals surface area contributed by atoms with Crippen molar-refractivity contribution in [3.8, 4) is 22.8 Å². The van der Waals surface area contributed by atoms with Gasteiger partial charge in [0.25, 0.3) is 0 Å². The summed E-state index contributed by atoms with van der Waals surface area (Å²) in [6.45, 7) is 4.40. The van der Waals surface area contributed by atoms with Gasteiger partial charge < -0.3 is 19.2 Å². The van der Waals surface area contributed by atoms with Crippen molar-refractivity contribution in [3.63, 3.8) is 0 Å². The molecule has 2 aromatic carbocycles. The van der Waals surface area contributed by atoms with Crippen molar-refractivity contribution < 1.29 is 19.2 Å². The van der Waals surface area contributed by atoms with E-state index >= 15 is 0 Å². The number of likely N-dealkylation sites (N-methyl/N-ethyl adjacent to an activating group) is 1. The molecule has 0 radical (unpaired) electrons. The van der Waals surface area contributed by atoms with Gasteiger partial charge in [0, 0.05) is 30.3 Å². The van der Waals surface area contributed by atoms with Crippen molar-refractivity contribution >= 4 is 11.0 Å². The van der Waals surface area contributed by atoms with Gasteiger partial charge >= 0.3 is 0 Å². The fourth-order valence-electron chi connectivity index (χ4n) is 3.76. The fraction of sp³-hybridized carbons (Fsp3) is 0.318. The van der Waals surface area contributed by atoms with Crippen LogP contribution in [0.4, 0.5) is 0 Å². The van der Waals surface area contributed by atoms with E-state index in [1.807, 2.05) is 30.3 Å². The van der Waals surface area contributed by atoms with Crippen molar-refractivity contribution in [2.24, 2.45) is 0 Å². The van der Waals surface area contributed by atoms with E-state index in [9.17, 15) is 9.90 Å². The van der Waals surface area contributed by atoms with Gasteiger partial charge in [-0.1, -0.05) is 36.1 Å². The molecule has 0 aliphatic carbocycles. The molecule has 0 saturated carbocycles. The maximum Gasteiger partial charge on any atom is 0.197 e. The normalized spacial score (nSPS) is 15.8. The van der Waals surface area contributed by atoms with Crippen LogP contribution in [-0.2, 0) is 6.54 Å². The molecule has 1 aliphatic heterocycles. The highest BCUT2D eigenvalue weighted by atomic mass is 16.5. The van der Waals surface area contributed by atoms with Crippen LogP contribution in [0.5, 0.6) is 11.5 Å². The van der Waals surface area contributed by atoms with Crippen molar-refractivity contribution in [3.05, 3.63) is 58.3 Å². The average molecular weight is 380 g/mol. The van der Waals surface area contributed by atoms with Crippen LogP contribution in [0, 0.1) is 0 Å². The van der Waals surface area contributed by atoms with Crippen LogP contribution >= 0.6 is 0 Å². The molecule has 0 atom stereocenters. The minimum absolute atomic E-state index is 0.149. The summed E-state index contributed by atoms with van der Waals surface area (Å²) in [6.07, 6.45) is 0. The Hall–Kier alpha value is -2.83. The highest BCUT2D eigenvalue weighted by molar-refractivity contribution is 5.89. The quantitative estimate of drug-likeness (QED) is 0.728. The molecule has 3 aromatic rings. The first kappa shape index (κ1) is 18.5. The standard InChI is InChI=1S/C22H24N2O4/c1-23-8-10-24(11-9-23)14-16-17(25)12-20(27-2)21-18(26)13-19(28-22(16)21)15-6-4-3-5-7-15/h3-7,12-13,25H,8-11,14H2,1-2H3. The van der Waals surface area contributed by atoms with E-state index in [0.29, 0.717) is 28.8 Å². The number of nitrogens with one attached hydrogen (secondary N) is 1. The zero-order valence-electron chi connectivity index (χ0n) is 16.2. The Morgan fingerprint density at radius 3 is 2.57 bits per heavy atom. The molecular weight excluding hydrogens is 356 g/mol. The topological polar surface area (TPSA) is 70.2 Å². The molecule has 1 aromatic heterocycles. The highest BCUT2D eigenvalue weighted by Gasteiger charge is 2.22. The number of ether oxygens (including phenoxy) is 1. The predicted molar refractivity (Wildman–Crippen MR) is 106 cm³/mol. The largest absolute Gasteiger partial charge is 0.872 e. The molecule has 0 amide bonds. The summed E-state index contributed by atoms with van der Waals surface area (Å²) in [5.41, 5.74) is 1.49. The zero-order chi connectivity index (χ0) is 19.7. The van der Waals surface area contributed by atoms with E-state index in [-0.39, 0.29) is 16.9 Å². The molecule has 1 N–H and O–H groups in total. The number of hydrogen-bond acceptors (Lipinski definition) is 5. The summed E-state index contributed by atoms with van der Waals surface area (Å²) in [4.78, 5) is 16.5. The highest BCUT2D eigenvalue weighted by Crippen LogP contribution is 2.34. The molecule has 6 nitrogen and oxygen atoms in total. The molecule has 4 rings (SSSR count). The Bertz CT molecular complexity index is 1040. The lowest BCUT2D eigenvalue weighted by Gasteiger charge is -2.30. The van der Waals surface area contributed by atoms with Crippen LogP contribution in [0.3, 0.4) is 0 Å². The lowest BCUT2D eigenvalue weighted by molar-refractivity contribution is -0.918. The Morgan fingerprint density at radius 1 is 1.18 bits per heavy atom. The first-order valence-corrected chi connectivity index (χ1v) is 9.49. The maximum absolute atomic E-state index is 12.9. The number of rotatable bonds is 4. The lowest BCUT2D eigenvalue weighted by atomic mass is 10.1. The van der Waals surface area contributed by atoms with Gasteiger partial charge in [-0.15, -0.1) is 0 Å². The first-order valence-electron chi connectivity index (χ1n) is 9.49. The second kappa shape index (κ2) is 7.66. The van der Waals surface area contributed by atoms with E-state index in [1.54, 1.807) is 0 Å². The first-order chi connectivity index (χ1) is 13.6. The summed E-state index contributed by atoms with van der Waals surface area (Å²) in [6, 6.07) is 12.3. The van der Waals surface area contributed by atoms with E-state index in [0.717, 1.165) is 31.7 Å². The minimum Gasteiger partial charge on any atom is -0.872 e. The van der Waals surface area contributed by atoms with Crippen molar-refractivity contribution in [2.75, 3.05) is 40.3 Å². The smallest absolute Gasteiger partial charge is 0.197 e. The Labute approximate surface area is 163 Å². The van der Waals surface area contributed by atoms with Gasteiger partial charge in [-0.25, -0.2) is 0 Å². The summed E-state index contributed by atoms with van der Waals surface area (Å²) in [5, 5.41) is 13.2. The molecule has 0 unspecified atom stereocenters. The van der Waals surface area contributed by atoms with Gasteiger partial charge in [0.15, 0.2) is 11.0 Å². The molecule has 6 heteroatoms. The van der Waals surface area contributed by atoms with E-state index in [1.165, 1.54) is 24.1 Å². The Morgan fingerprint density at radius 2 is 1.89 bits per heavy atom. The maximum atomic E-state index is 12.9. The average Bonchev–Trinajstić information content (AvgIpc) is 2.71. The molecule has 1 fully saturated rings. The Balaban J connectivity index is 1.87. The summed E-state index contributed by atoms with van der Waals surface area (Å²) in [5.74, 6) is 0.579. The van der Waals surface area contributed by atoms with Crippen molar-refractivity contribution in [1.29, 1.82) is 0 Å². The van der Waals surface area contributed by atoms with Crippen LogP contribution in [0.1, 0.15) is 5.56 Å². The SMILES string of the molecule is COc1cc([O-])c(C[NH+]2CCN(C)CC2)c2oc(-c3ccccc3)cc(=O)c12. The molecule has 2 heterocycles. The van der Waals surface area contributed by atoms with Gasteiger partial charge in [0.2, 0.25) is 0 Å². The van der Waals surface area contributed by atoms with Crippen molar-refractivity contribution in [1.82, 2.24) is 4.90 Å². The van der Waals surface area contributed by atoms with Gasteiger partial charge in [-0.05, 0) is 13.1 Å². The molecule has 28 heavy (non-hydrogen) atoms. The number of nitrogens with zero attached hydrogens (tertiary/aromatic N) is 1. The van der Waals surface area contributed by atoms with E-state index in [4.69, 9.17) is 9.15 Å². The number of hydrogen-bond donors (Lipinski definition) is 1. The third-order valence-corrected chi connectivity index (χ3v) is 5.43. The minimum atomic E-state index is -0.202. The van der Waals surface area contributed by atoms with Crippen LogP contribution < -0.4 is 20.2 Å². The second-order valence-electron chi connectivity index (χ2n) is 7.33. The van der Waals surface area contributed by atoms with Gasteiger partial charge in [0.05, 0.1) is 20.2 Å². The molecule has 1 saturated heterocycles. The van der Waals surface area contributed by atoms with Gasteiger partial charge in [0.1, 0.15) is 23.4 Å². The molecule has 0 spiro atoms. The third kappa shape index (κ3) is 3.48. The van der Waals surface area contributed by atoms with Crippen LogP contribution in [0.25, 0.3) is 22.3 Å². The monoisotopic (exact) mass is 380 g/mol. The second-order valence-corrected chi connectivity index (χ2v) is 7.33. The Kier molecular flexibility index (Phi) is 5.07. The summed E-state index contributed by atoms with van der Waals surface area (Å²) < 4.78 is 11.5. The van der Waals surface area contributed by atoms with Crippen molar-refractivity contribution in [2.45, 2.75) is 6.54 Å². The van der Waals surface area contributed by atoms with Gasteiger partial charge in [-0.2, -0.15) is 0 Å².